The Kier molecular flexibility index (Phi) is 7.36. The molecule has 1 amide bonds. The highest BCUT2D eigenvalue weighted by Gasteiger charge is 2.25. The minimum Gasteiger partial charge on any atom is -0.496 e. The second-order valence-corrected chi connectivity index (χ2v) is 7.70. The fraction of sp³-hybridized carbons (Fsp3) is 0.261. The number of esters is 1. The van der Waals surface area contributed by atoms with Gasteiger partial charge in [-0.1, -0.05) is 41.7 Å². The molecule has 3 rings (SSSR count). The maximum absolute atomic E-state index is 13.3. The van der Waals surface area contributed by atoms with E-state index in [9.17, 15) is 14.0 Å². The summed E-state index contributed by atoms with van der Waals surface area (Å²) in [5.41, 5.74) is 1.96. The summed E-state index contributed by atoms with van der Waals surface area (Å²) in [6, 6.07) is 13.2. The van der Waals surface area contributed by atoms with Crippen molar-refractivity contribution in [3.63, 3.8) is 0 Å². The highest BCUT2D eigenvalue weighted by atomic mass is 32.1. The number of rotatable bonds is 8. The minimum atomic E-state index is -0.470. The Morgan fingerprint density at radius 2 is 1.84 bits per heavy atom. The molecule has 0 aliphatic carbocycles. The van der Waals surface area contributed by atoms with Gasteiger partial charge in [0.2, 0.25) is 5.91 Å². The molecule has 0 atom stereocenters. The van der Waals surface area contributed by atoms with Crippen molar-refractivity contribution in [1.82, 2.24) is 4.98 Å². The lowest BCUT2D eigenvalue weighted by atomic mass is 10.1. The largest absolute Gasteiger partial charge is 0.496 e. The smallest absolute Gasteiger partial charge is 0.350 e. The lowest BCUT2D eigenvalue weighted by molar-refractivity contribution is -0.118. The molecule has 2 aromatic carbocycles. The summed E-state index contributed by atoms with van der Waals surface area (Å²) in [6.45, 7) is 3.86. The van der Waals surface area contributed by atoms with Crippen molar-refractivity contribution in [3.05, 3.63) is 76.0 Å². The van der Waals surface area contributed by atoms with E-state index in [1.807, 2.05) is 18.2 Å². The summed E-state index contributed by atoms with van der Waals surface area (Å²) in [4.78, 5) is 31.8. The fourth-order valence-corrected chi connectivity index (χ4v) is 4.00. The summed E-state index contributed by atoms with van der Waals surface area (Å²) in [7, 11) is 1.55. The molecule has 162 valence electrons. The van der Waals surface area contributed by atoms with Gasteiger partial charge in [0.05, 0.1) is 32.4 Å². The van der Waals surface area contributed by atoms with Crippen LogP contribution in [0, 0.1) is 12.7 Å². The molecule has 0 spiro atoms. The molecule has 0 N–H and O–H groups in total. The number of halogens is 1. The Morgan fingerprint density at radius 1 is 1.13 bits per heavy atom. The van der Waals surface area contributed by atoms with Crippen molar-refractivity contribution in [3.8, 4) is 5.75 Å². The van der Waals surface area contributed by atoms with Gasteiger partial charge in [-0.25, -0.2) is 14.2 Å². The molecule has 1 aromatic heterocycles. The second kappa shape index (κ2) is 10.2. The number of aryl methyl sites for hydroxylation is 1. The van der Waals surface area contributed by atoms with Crippen LogP contribution in [-0.2, 0) is 22.5 Å². The molecule has 6 nitrogen and oxygen atoms in total. The number of aromatic nitrogens is 1. The molecule has 1 heterocycles. The third-order valence-electron chi connectivity index (χ3n) is 4.57. The zero-order valence-corrected chi connectivity index (χ0v) is 18.4. The summed E-state index contributed by atoms with van der Waals surface area (Å²) < 4.78 is 23.8. The zero-order valence-electron chi connectivity index (χ0n) is 17.6. The Balaban J connectivity index is 1.94. The Labute approximate surface area is 184 Å². The zero-order chi connectivity index (χ0) is 22.4. The quantitative estimate of drug-likeness (QED) is 0.479. The van der Waals surface area contributed by atoms with Crippen LogP contribution in [0.3, 0.4) is 0 Å². The van der Waals surface area contributed by atoms with E-state index in [1.54, 1.807) is 39.2 Å². The van der Waals surface area contributed by atoms with Crippen LogP contribution in [-0.4, -0.2) is 30.6 Å². The highest BCUT2D eigenvalue weighted by Crippen LogP contribution is 2.29. The van der Waals surface area contributed by atoms with Crippen molar-refractivity contribution in [2.24, 2.45) is 0 Å². The average Bonchev–Trinajstić information content (AvgIpc) is 3.15. The van der Waals surface area contributed by atoms with Crippen molar-refractivity contribution in [2.45, 2.75) is 26.8 Å². The summed E-state index contributed by atoms with van der Waals surface area (Å²) >= 11 is 1.10. The normalized spacial score (nSPS) is 10.6. The number of hydrogen-bond donors (Lipinski definition) is 0. The van der Waals surface area contributed by atoms with Crippen LogP contribution in [0.1, 0.15) is 33.4 Å². The van der Waals surface area contributed by atoms with Gasteiger partial charge in [0, 0.05) is 5.56 Å². The van der Waals surface area contributed by atoms with E-state index in [4.69, 9.17) is 9.47 Å². The third kappa shape index (κ3) is 5.46. The van der Waals surface area contributed by atoms with E-state index in [1.165, 1.54) is 17.0 Å². The maximum Gasteiger partial charge on any atom is 0.350 e. The molecule has 0 radical (unpaired) electrons. The van der Waals surface area contributed by atoms with Crippen LogP contribution in [0.25, 0.3) is 0 Å². The van der Waals surface area contributed by atoms with Gasteiger partial charge in [-0.2, -0.15) is 0 Å². The second-order valence-electron chi connectivity index (χ2n) is 6.73. The number of amides is 1. The van der Waals surface area contributed by atoms with Crippen LogP contribution in [0.4, 0.5) is 9.52 Å². The molecule has 0 unspecified atom stereocenters. The van der Waals surface area contributed by atoms with Crippen molar-refractivity contribution < 1.29 is 23.5 Å². The first-order chi connectivity index (χ1) is 14.9. The molecule has 0 aliphatic heterocycles. The van der Waals surface area contributed by atoms with E-state index < -0.39 is 5.97 Å². The summed E-state index contributed by atoms with van der Waals surface area (Å²) in [6.07, 6.45) is 0.0819. The number of ether oxygens (including phenoxy) is 2. The number of carbonyl (C=O) groups is 2. The van der Waals surface area contributed by atoms with E-state index in [0.717, 1.165) is 22.5 Å². The van der Waals surface area contributed by atoms with E-state index in [-0.39, 0.29) is 31.3 Å². The van der Waals surface area contributed by atoms with Crippen LogP contribution in [0.2, 0.25) is 0 Å². The number of carbonyl (C=O) groups excluding carboxylic acids is 2. The molecular formula is C23H23FN2O4S. The average molecular weight is 443 g/mol. The van der Waals surface area contributed by atoms with Crippen molar-refractivity contribution in [2.75, 3.05) is 18.6 Å². The summed E-state index contributed by atoms with van der Waals surface area (Å²) in [5.74, 6) is -0.439. The molecule has 0 bridgehead atoms. The molecule has 8 heteroatoms. The Bertz CT molecular complexity index is 1070. The SMILES string of the molecule is CCOC(=O)c1sc(N(Cc2ccc(F)cc2)C(=O)Cc2ccccc2OC)nc1C. The van der Waals surface area contributed by atoms with Gasteiger partial charge < -0.3 is 9.47 Å². The molecule has 31 heavy (non-hydrogen) atoms. The van der Waals surface area contributed by atoms with Gasteiger partial charge in [0.1, 0.15) is 16.4 Å². The van der Waals surface area contributed by atoms with E-state index >= 15 is 0 Å². The molecule has 3 aromatic rings. The number of thiazole rings is 1. The minimum absolute atomic E-state index is 0.0819. The molecule has 0 aliphatic rings. The Hall–Kier alpha value is -3.26. The molecule has 0 fully saturated rings. The standard InChI is InChI=1S/C23H23FN2O4S/c1-4-30-22(28)21-15(2)25-23(31-21)26(14-16-9-11-18(24)12-10-16)20(27)13-17-7-5-6-8-19(17)29-3/h5-12H,4,13-14H2,1-3H3. The third-order valence-corrected chi connectivity index (χ3v) is 5.73. The lowest BCUT2D eigenvalue weighted by Gasteiger charge is -2.21. The van der Waals surface area contributed by atoms with Gasteiger partial charge in [-0.15, -0.1) is 0 Å². The van der Waals surface area contributed by atoms with Crippen LogP contribution in [0.15, 0.2) is 48.5 Å². The van der Waals surface area contributed by atoms with Gasteiger partial charge >= 0.3 is 5.97 Å². The maximum atomic E-state index is 13.3. The lowest BCUT2D eigenvalue weighted by Crippen LogP contribution is -2.31. The topological polar surface area (TPSA) is 68.7 Å². The number of benzene rings is 2. The van der Waals surface area contributed by atoms with Crippen LogP contribution >= 0.6 is 11.3 Å². The first kappa shape index (κ1) is 22.4. The van der Waals surface area contributed by atoms with Gasteiger partial charge in [-0.3, -0.25) is 9.69 Å². The van der Waals surface area contributed by atoms with Gasteiger partial charge in [0.15, 0.2) is 5.13 Å². The number of nitrogens with zero attached hydrogens (tertiary/aromatic N) is 2. The van der Waals surface area contributed by atoms with Crippen LogP contribution < -0.4 is 9.64 Å². The predicted octanol–water partition coefficient (Wildman–Crippen LogP) is 4.55. The van der Waals surface area contributed by atoms with Gasteiger partial charge in [0.25, 0.3) is 0 Å². The Morgan fingerprint density at radius 3 is 2.52 bits per heavy atom. The van der Waals surface area contributed by atoms with Crippen molar-refractivity contribution in [1.29, 1.82) is 0 Å². The first-order valence-electron chi connectivity index (χ1n) is 9.74. The summed E-state index contributed by atoms with van der Waals surface area (Å²) in [5, 5.41) is 0.379. The van der Waals surface area contributed by atoms with Crippen molar-refractivity contribution >= 4 is 28.3 Å². The molecular weight excluding hydrogens is 419 g/mol. The molecule has 0 saturated heterocycles. The number of para-hydroxylation sites is 1. The number of methoxy groups -OCH3 is 1. The molecule has 0 saturated carbocycles. The number of anilines is 1. The highest BCUT2D eigenvalue weighted by molar-refractivity contribution is 7.17. The van der Waals surface area contributed by atoms with Gasteiger partial charge in [-0.05, 0) is 37.6 Å². The van der Waals surface area contributed by atoms with Crippen LogP contribution in [0.5, 0.6) is 5.75 Å². The first-order valence-corrected chi connectivity index (χ1v) is 10.6. The van der Waals surface area contributed by atoms with E-state index in [0.29, 0.717) is 21.5 Å². The van der Waals surface area contributed by atoms with E-state index in [2.05, 4.69) is 4.98 Å². The fourth-order valence-electron chi connectivity index (χ4n) is 3.03. The predicted molar refractivity (Wildman–Crippen MR) is 117 cm³/mol. The number of hydrogen-bond acceptors (Lipinski definition) is 6. The monoisotopic (exact) mass is 442 g/mol.